The van der Waals surface area contributed by atoms with E-state index in [-0.39, 0.29) is 17.8 Å². The fraction of sp³-hybridized carbons (Fsp3) is 0.400. The van der Waals surface area contributed by atoms with Gasteiger partial charge in [0.15, 0.2) is 0 Å². The Hall–Kier alpha value is -2.43. The Labute approximate surface area is 147 Å². The van der Waals surface area contributed by atoms with Crippen LogP contribution in [-0.2, 0) is 6.54 Å². The molecule has 132 valence electrons. The van der Waals surface area contributed by atoms with E-state index in [1.54, 1.807) is 24.5 Å². The van der Waals surface area contributed by atoms with Crippen molar-refractivity contribution >= 4 is 11.6 Å². The van der Waals surface area contributed by atoms with Gasteiger partial charge in [-0.25, -0.2) is 4.39 Å². The number of hydrogen-bond donors (Lipinski definition) is 2. The van der Waals surface area contributed by atoms with Crippen molar-refractivity contribution in [3.63, 3.8) is 0 Å². The number of rotatable bonds is 5. The van der Waals surface area contributed by atoms with E-state index in [2.05, 4.69) is 15.6 Å². The predicted octanol–water partition coefficient (Wildman–Crippen LogP) is 4.29. The molecule has 0 saturated heterocycles. The second-order valence-electron chi connectivity index (χ2n) is 6.60. The van der Waals surface area contributed by atoms with Crippen molar-refractivity contribution in [3.05, 3.63) is 59.7 Å². The number of benzene rings is 1. The van der Waals surface area contributed by atoms with Crippen LogP contribution in [-0.4, -0.2) is 16.9 Å². The molecule has 0 unspecified atom stereocenters. The van der Waals surface area contributed by atoms with Crippen molar-refractivity contribution in [3.8, 4) is 0 Å². The van der Waals surface area contributed by atoms with E-state index in [4.69, 9.17) is 0 Å². The van der Waals surface area contributed by atoms with Gasteiger partial charge in [-0.1, -0.05) is 37.8 Å². The van der Waals surface area contributed by atoms with Crippen molar-refractivity contribution in [2.24, 2.45) is 0 Å². The zero-order chi connectivity index (χ0) is 17.5. The van der Waals surface area contributed by atoms with Gasteiger partial charge in [0, 0.05) is 25.0 Å². The minimum absolute atomic E-state index is 0.0650. The van der Waals surface area contributed by atoms with Crippen molar-refractivity contribution in [2.75, 3.05) is 5.32 Å². The largest absolute Gasteiger partial charge is 0.380 e. The molecule has 0 bridgehead atoms. The first-order valence-electron chi connectivity index (χ1n) is 8.95. The summed E-state index contributed by atoms with van der Waals surface area (Å²) in [5.41, 5.74) is 2.31. The van der Waals surface area contributed by atoms with Gasteiger partial charge in [-0.15, -0.1) is 0 Å². The standard InChI is InChI=1S/C20H24FN3O/c21-17-9-7-15(8-10-17)12-23-19-11-16(13-22-14-19)20(25)24-18-5-3-1-2-4-6-18/h7-11,13-14,18,23H,1-6,12H2,(H,24,25). The number of carbonyl (C=O) groups is 1. The van der Waals surface area contributed by atoms with Gasteiger partial charge in [-0.05, 0) is 36.6 Å². The SMILES string of the molecule is O=C(NC1CCCCCC1)c1cncc(NCc2ccc(F)cc2)c1. The Morgan fingerprint density at radius 3 is 2.52 bits per heavy atom. The number of carbonyl (C=O) groups excluding carboxylic acids is 1. The highest BCUT2D eigenvalue weighted by Crippen LogP contribution is 2.18. The number of hydrogen-bond acceptors (Lipinski definition) is 3. The van der Waals surface area contributed by atoms with Crippen LogP contribution in [0.1, 0.15) is 54.4 Å². The molecular formula is C20H24FN3O. The van der Waals surface area contributed by atoms with Gasteiger partial charge in [-0.2, -0.15) is 0 Å². The monoisotopic (exact) mass is 341 g/mol. The van der Waals surface area contributed by atoms with Crippen molar-refractivity contribution < 1.29 is 9.18 Å². The molecule has 2 N–H and O–H groups in total. The third kappa shape index (κ3) is 5.28. The molecule has 0 aliphatic heterocycles. The second kappa shape index (κ2) is 8.60. The maximum atomic E-state index is 12.9. The highest BCUT2D eigenvalue weighted by molar-refractivity contribution is 5.94. The first kappa shape index (κ1) is 17.4. The summed E-state index contributed by atoms with van der Waals surface area (Å²) in [7, 11) is 0. The molecule has 25 heavy (non-hydrogen) atoms. The summed E-state index contributed by atoms with van der Waals surface area (Å²) in [6, 6.07) is 8.42. The highest BCUT2D eigenvalue weighted by atomic mass is 19.1. The average molecular weight is 341 g/mol. The summed E-state index contributed by atoms with van der Waals surface area (Å²) in [6.45, 7) is 0.551. The van der Waals surface area contributed by atoms with Crippen molar-refractivity contribution in [1.29, 1.82) is 0 Å². The first-order valence-corrected chi connectivity index (χ1v) is 8.95. The predicted molar refractivity (Wildman–Crippen MR) is 96.9 cm³/mol. The van der Waals surface area contributed by atoms with E-state index in [1.165, 1.54) is 37.8 Å². The maximum Gasteiger partial charge on any atom is 0.253 e. The number of halogens is 1. The zero-order valence-electron chi connectivity index (χ0n) is 14.3. The molecule has 1 aromatic carbocycles. The summed E-state index contributed by atoms with van der Waals surface area (Å²) in [5, 5.41) is 6.36. The van der Waals surface area contributed by atoms with Crippen LogP contribution in [0.2, 0.25) is 0 Å². The molecule has 1 fully saturated rings. The first-order chi connectivity index (χ1) is 12.2. The summed E-state index contributed by atoms with van der Waals surface area (Å²) < 4.78 is 12.9. The van der Waals surface area contributed by atoms with Gasteiger partial charge in [0.2, 0.25) is 0 Å². The summed E-state index contributed by atoms with van der Waals surface area (Å²) in [5.74, 6) is -0.313. The van der Waals surface area contributed by atoms with Crippen LogP contribution < -0.4 is 10.6 Å². The van der Waals surface area contributed by atoms with E-state index in [0.717, 1.165) is 24.1 Å². The normalized spacial score (nSPS) is 15.4. The lowest BCUT2D eigenvalue weighted by Gasteiger charge is -2.16. The van der Waals surface area contributed by atoms with Crippen LogP contribution in [0.3, 0.4) is 0 Å². The van der Waals surface area contributed by atoms with Crippen LogP contribution in [0.4, 0.5) is 10.1 Å². The third-order valence-electron chi connectivity index (χ3n) is 4.60. The Kier molecular flexibility index (Phi) is 5.99. The molecule has 1 aromatic heterocycles. The van der Waals surface area contributed by atoms with E-state index in [9.17, 15) is 9.18 Å². The Bertz CT molecular complexity index is 694. The van der Waals surface area contributed by atoms with Gasteiger partial charge < -0.3 is 10.6 Å². The smallest absolute Gasteiger partial charge is 0.253 e. The van der Waals surface area contributed by atoms with Crippen LogP contribution >= 0.6 is 0 Å². The van der Waals surface area contributed by atoms with Gasteiger partial charge in [0.1, 0.15) is 5.82 Å². The van der Waals surface area contributed by atoms with E-state index in [1.807, 2.05) is 6.07 Å². The Morgan fingerprint density at radius 2 is 1.80 bits per heavy atom. The molecule has 1 saturated carbocycles. The molecule has 0 radical (unpaired) electrons. The molecular weight excluding hydrogens is 317 g/mol. The van der Waals surface area contributed by atoms with Crippen molar-refractivity contribution in [2.45, 2.75) is 51.1 Å². The molecule has 4 nitrogen and oxygen atoms in total. The van der Waals surface area contributed by atoms with Gasteiger partial charge >= 0.3 is 0 Å². The van der Waals surface area contributed by atoms with E-state index < -0.39 is 0 Å². The van der Waals surface area contributed by atoms with E-state index >= 15 is 0 Å². The number of pyridine rings is 1. The second-order valence-corrected chi connectivity index (χ2v) is 6.60. The summed E-state index contributed by atoms with van der Waals surface area (Å²) in [4.78, 5) is 16.6. The fourth-order valence-electron chi connectivity index (χ4n) is 3.16. The Balaban J connectivity index is 1.58. The molecule has 0 spiro atoms. The van der Waals surface area contributed by atoms with Crippen LogP contribution in [0.15, 0.2) is 42.7 Å². The van der Waals surface area contributed by atoms with Gasteiger partial charge in [0.05, 0.1) is 11.3 Å². The minimum Gasteiger partial charge on any atom is -0.380 e. The quantitative estimate of drug-likeness (QED) is 0.798. The molecule has 3 rings (SSSR count). The lowest BCUT2D eigenvalue weighted by Crippen LogP contribution is -2.34. The third-order valence-corrected chi connectivity index (χ3v) is 4.60. The summed E-state index contributed by atoms with van der Waals surface area (Å²) >= 11 is 0. The minimum atomic E-state index is -0.248. The molecule has 1 heterocycles. The average Bonchev–Trinajstić information content (AvgIpc) is 2.90. The zero-order valence-corrected chi connectivity index (χ0v) is 14.3. The van der Waals surface area contributed by atoms with Crippen LogP contribution in [0.5, 0.6) is 0 Å². The number of aromatic nitrogens is 1. The lowest BCUT2D eigenvalue weighted by atomic mass is 10.1. The number of nitrogens with zero attached hydrogens (tertiary/aromatic N) is 1. The van der Waals surface area contributed by atoms with Crippen LogP contribution in [0.25, 0.3) is 0 Å². The van der Waals surface area contributed by atoms with Crippen molar-refractivity contribution in [1.82, 2.24) is 10.3 Å². The molecule has 1 amide bonds. The molecule has 2 aromatic rings. The lowest BCUT2D eigenvalue weighted by molar-refractivity contribution is 0.0933. The number of amides is 1. The molecule has 0 atom stereocenters. The maximum absolute atomic E-state index is 12.9. The van der Waals surface area contributed by atoms with Crippen LogP contribution in [0, 0.1) is 5.82 Å². The number of nitrogens with one attached hydrogen (secondary N) is 2. The number of anilines is 1. The Morgan fingerprint density at radius 1 is 1.08 bits per heavy atom. The fourth-order valence-corrected chi connectivity index (χ4v) is 3.16. The highest BCUT2D eigenvalue weighted by Gasteiger charge is 2.16. The molecule has 1 aliphatic carbocycles. The van der Waals surface area contributed by atoms with E-state index in [0.29, 0.717) is 12.1 Å². The molecule has 1 aliphatic rings. The molecule has 5 heteroatoms. The van der Waals surface area contributed by atoms with Gasteiger partial charge in [0.25, 0.3) is 5.91 Å². The summed E-state index contributed by atoms with van der Waals surface area (Å²) in [6.07, 6.45) is 10.3. The topological polar surface area (TPSA) is 54.0 Å². The van der Waals surface area contributed by atoms with Gasteiger partial charge in [-0.3, -0.25) is 9.78 Å².